The molecule has 2 rings (SSSR count). The Morgan fingerprint density at radius 3 is 3.00 bits per heavy atom. The van der Waals surface area contributed by atoms with Crippen LogP contribution in [-0.4, -0.2) is 24.1 Å². The van der Waals surface area contributed by atoms with Crippen molar-refractivity contribution in [3.8, 4) is 0 Å². The van der Waals surface area contributed by atoms with E-state index in [2.05, 4.69) is 22.5 Å². The van der Waals surface area contributed by atoms with Gasteiger partial charge in [-0.15, -0.1) is 0 Å². The van der Waals surface area contributed by atoms with Crippen molar-refractivity contribution in [2.45, 2.75) is 13.0 Å². The molecule has 0 radical (unpaired) electrons. The van der Waals surface area contributed by atoms with E-state index in [0.717, 1.165) is 13.1 Å². The van der Waals surface area contributed by atoms with E-state index in [1.54, 1.807) is 0 Å². The molecule has 2 N–H and O–H groups in total. The molecule has 0 bridgehead atoms. The molecule has 0 atom stereocenters. The molecule has 1 aliphatic heterocycles. The van der Waals surface area contributed by atoms with Crippen molar-refractivity contribution in [3.05, 3.63) is 24.0 Å². The van der Waals surface area contributed by atoms with E-state index >= 15 is 0 Å². The fraction of sp³-hybridized carbons (Fsp3) is 0.444. The zero-order chi connectivity index (χ0) is 8.39. The average molecular weight is 163 g/mol. The van der Waals surface area contributed by atoms with Gasteiger partial charge in [-0.25, -0.2) is 0 Å². The number of anilines is 1. The van der Waals surface area contributed by atoms with Crippen molar-refractivity contribution in [2.24, 2.45) is 0 Å². The Morgan fingerprint density at radius 1 is 1.58 bits per heavy atom. The standard InChI is InChI=1S/C9H13N3/c1-7-4-10-3-2-9(7)12-8-5-11-6-8/h2-4,8,11H,5-6H2,1H3,(H,10,12). The summed E-state index contributed by atoms with van der Waals surface area (Å²) in [5.74, 6) is 0. The van der Waals surface area contributed by atoms with Gasteiger partial charge in [0.2, 0.25) is 0 Å². The van der Waals surface area contributed by atoms with Crippen LogP contribution in [0.2, 0.25) is 0 Å². The molecular weight excluding hydrogens is 150 g/mol. The lowest BCUT2D eigenvalue weighted by Crippen LogP contribution is -2.51. The van der Waals surface area contributed by atoms with Crippen LogP contribution in [0.1, 0.15) is 5.56 Å². The first-order valence-corrected chi connectivity index (χ1v) is 4.24. The summed E-state index contributed by atoms with van der Waals surface area (Å²) in [4.78, 5) is 4.04. The van der Waals surface area contributed by atoms with Crippen LogP contribution in [0.4, 0.5) is 5.69 Å². The molecule has 2 heterocycles. The minimum Gasteiger partial charge on any atom is -0.379 e. The summed E-state index contributed by atoms with van der Waals surface area (Å²) in [6.07, 6.45) is 3.70. The molecule has 1 aliphatic rings. The third kappa shape index (κ3) is 1.41. The van der Waals surface area contributed by atoms with E-state index in [1.807, 2.05) is 18.5 Å². The van der Waals surface area contributed by atoms with Gasteiger partial charge in [0.25, 0.3) is 0 Å². The van der Waals surface area contributed by atoms with Crippen molar-refractivity contribution in [2.75, 3.05) is 18.4 Å². The first-order valence-electron chi connectivity index (χ1n) is 4.24. The van der Waals surface area contributed by atoms with E-state index in [9.17, 15) is 0 Å². The molecule has 0 spiro atoms. The predicted octanol–water partition coefficient (Wildman–Crippen LogP) is 0.774. The van der Waals surface area contributed by atoms with Gasteiger partial charge in [0.05, 0.1) is 6.04 Å². The first-order chi connectivity index (χ1) is 5.86. The molecule has 64 valence electrons. The summed E-state index contributed by atoms with van der Waals surface area (Å²) in [6.45, 7) is 4.21. The lowest BCUT2D eigenvalue weighted by Gasteiger charge is -2.29. The molecule has 0 saturated carbocycles. The smallest absolute Gasteiger partial charge is 0.0510 e. The molecule has 0 amide bonds. The van der Waals surface area contributed by atoms with Gasteiger partial charge in [-0.3, -0.25) is 4.98 Å². The maximum absolute atomic E-state index is 4.04. The van der Waals surface area contributed by atoms with Crippen LogP contribution in [0, 0.1) is 6.92 Å². The Morgan fingerprint density at radius 2 is 2.42 bits per heavy atom. The van der Waals surface area contributed by atoms with Gasteiger partial charge in [0, 0.05) is 31.2 Å². The van der Waals surface area contributed by atoms with Crippen LogP contribution in [0.5, 0.6) is 0 Å². The molecule has 3 heteroatoms. The third-order valence-electron chi connectivity index (χ3n) is 2.16. The molecule has 1 saturated heterocycles. The van der Waals surface area contributed by atoms with Crippen molar-refractivity contribution in [1.82, 2.24) is 10.3 Å². The van der Waals surface area contributed by atoms with Gasteiger partial charge < -0.3 is 10.6 Å². The molecule has 1 fully saturated rings. The number of aryl methyl sites for hydroxylation is 1. The topological polar surface area (TPSA) is 37.0 Å². The second-order valence-corrected chi connectivity index (χ2v) is 3.19. The number of hydrogen-bond donors (Lipinski definition) is 2. The van der Waals surface area contributed by atoms with Crippen molar-refractivity contribution < 1.29 is 0 Å². The maximum Gasteiger partial charge on any atom is 0.0510 e. The summed E-state index contributed by atoms with van der Waals surface area (Å²) in [7, 11) is 0. The Hall–Kier alpha value is -1.09. The fourth-order valence-corrected chi connectivity index (χ4v) is 1.25. The minimum atomic E-state index is 0.603. The van der Waals surface area contributed by atoms with Crippen LogP contribution in [0.3, 0.4) is 0 Å². The predicted molar refractivity (Wildman–Crippen MR) is 49.3 cm³/mol. The zero-order valence-corrected chi connectivity index (χ0v) is 7.17. The van der Waals surface area contributed by atoms with Crippen LogP contribution in [0.15, 0.2) is 18.5 Å². The molecule has 0 aromatic carbocycles. The zero-order valence-electron chi connectivity index (χ0n) is 7.17. The van der Waals surface area contributed by atoms with E-state index in [0.29, 0.717) is 6.04 Å². The number of hydrogen-bond acceptors (Lipinski definition) is 3. The lowest BCUT2D eigenvalue weighted by molar-refractivity contribution is 0.472. The van der Waals surface area contributed by atoms with Gasteiger partial charge in [0.1, 0.15) is 0 Å². The number of pyridine rings is 1. The normalized spacial score (nSPS) is 17.1. The number of rotatable bonds is 2. The number of aromatic nitrogens is 1. The Labute approximate surface area is 72.2 Å². The Bertz CT molecular complexity index is 268. The van der Waals surface area contributed by atoms with Crippen LogP contribution in [-0.2, 0) is 0 Å². The fourth-order valence-electron chi connectivity index (χ4n) is 1.25. The highest BCUT2D eigenvalue weighted by Gasteiger charge is 2.16. The van der Waals surface area contributed by atoms with E-state index in [1.165, 1.54) is 11.3 Å². The molecule has 3 nitrogen and oxygen atoms in total. The summed E-state index contributed by atoms with van der Waals surface area (Å²) in [5, 5.41) is 6.67. The van der Waals surface area contributed by atoms with Crippen LogP contribution in [0.25, 0.3) is 0 Å². The van der Waals surface area contributed by atoms with E-state index < -0.39 is 0 Å². The van der Waals surface area contributed by atoms with Gasteiger partial charge >= 0.3 is 0 Å². The van der Waals surface area contributed by atoms with Crippen molar-refractivity contribution in [3.63, 3.8) is 0 Å². The number of nitrogens with zero attached hydrogens (tertiary/aromatic N) is 1. The quantitative estimate of drug-likeness (QED) is 0.676. The SMILES string of the molecule is Cc1cnccc1NC1CNC1. The highest BCUT2D eigenvalue weighted by atomic mass is 15.1. The molecule has 0 aliphatic carbocycles. The molecule has 0 unspecified atom stereocenters. The number of nitrogens with one attached hydrogen (secondary N) is 2. The largest absolute Gasteiger partial charge is 0.379 e. The minimum absolute atomic E-state index is 0.603. The third-order valence-corrected chi connectivity index (χ3v) is 2.16. The highest BCUT2D eigenvalue weighted by molar-refractivity contribution is 5.49. The van der Waals surface area contributed by atoms with E-state index in [4.69, 9.17) is 0 Å². The summed E-state index contributed by atoms with van der Waals surface area (Å²) < 4.78 is 0. The average Bonchev–Trinajstić information content (AvgIpc) is 2.00. The Kier molecular flexibility index (Phi) is 1.96. The molecule has 12 heavy (non-hydrogen) atoms. The van der Waals surface area contributed by atoms with E-state index in [-0.39, 0.29) is 0 Å². The second kappa shape index (κ2) is 3.11. The summed E-state index contributed by atoms with van der Waals surface area (Å²) in [6, 6.07) is 2.62. The van der Waals surface area contributed by atoms with Gasteiger partial charge in [0.15, 0.2) is 0 Å². The van der Waals surface area contributed by atoms with Crippen molar-refractivity contribution in [1.29, 1.82) is 0 Å². The van der Waals surface area contributed by atoms with Crippen LogP contribution < -0.4 is 10.6 Å². The highest BCUT2D eigenvalue weighted by Crippen LogP contribution is 2.13. The summed E-state index contributed by atoms with van der Waals surface area (Å²) >= 11 is 0. The first kappa shape index (κ1) is 7.55. The second-order valence-electron chi connectivity index (χ2n) is 3.19. The van der Waals surface area contributed by atoms with Crippen LogP contribution >= 0.6 is 0 Å². The van der Waals surface area contributed by atoms with Gasteiger partial charge in [-0.05, 0) is 18.6 Å². The molecule has 1 aromatic heterocycles. The maximum atomic E-state index is 4.04. The molecular formula is C9H13N3. The lowest BCUT2D eigenvalue weighted by atomic mass is 10.1. The van der Waals surface area contributed by atoms with Crippen molar-refractivity contribution >= 4 is 5.69 Å². The van der Waals surface area contributed by atoms with Gasteiger partial charge in [-0.2, -0.15) is 0 Å². The summed E-state index contributed by atoms with van der Waals surface area (Å²) in [5.41, 5.74) is 2.42. The molecule has 1 aromatic rings. The monoisotopic (exact) mass is 163 g/mol. The van der Waals surface area contributed by atoms with Gasteiger partial charge in [-0.1, -0.05) is 0 Å². The Balaban J connectivity index is 2.06.